The summed E-state index contributed by atoms with van der Waals surface area (Å²) in [5, 5.41) is 14.6. The van der Waals surface area contributed by atoms with E-state index in [1.54, 1.807) is 0 Å². The molecule has 0 aliphatic rings. The van der Waals surface area contributed by atoms with E-state index >= 15 is 0 Å². The molecule has 1 aromatic rings. The lowest BCUT2D eigenvalue weighted by atomic mass is 10.1. The summed E-state index contributed by atoms with van der Waals surface area (Å²) < 4.78 is 0. The Morgan fingerprint density at radius 3 is 2.58 bits per heavy atom. The van der Waals surface area contributed by atoms with E-state index in [2.05, 4.69) is 10.2 Å². The van der Waals surface area contributed by atoms with E-state index in [0.29, 0.717) is 0 Å². The van der Waals surface area contributed by atoms with Crippen LogP contribution >= 0.6 is 0 Å². The predicted octanol–water partition coefficient (Wildman–Crippen LogP) is 2.65. The van der Waals surface area contributed by atoms with Crippen molar-refractivity contribution in [3.63, 3.8) is 0 Å². The SMILES string of the molecule is CCC(=N[N+]#N)c1ccccc1. The first-order valence-electron chi connectivity index (χ1n) is 3.84. The Kier molecular flexibility index (Phi) is 2.97. The maximum atomic E-state index is 8.27. The van der Waals surface area contributed by atoms with Gasteiger partial charge in [-0.3, -0.25) is 0 Å². The standard InChI is InChI=1S/C9H10N3/c1-2-9(11-12-10)8-6-4-3-5-7-8/h3-7H,2H2,1H3/q+1. The average Bonchev–Trinajstić information content (AvgIpc) is 2.15. The second-order valence-corrected chi connectivity index (χ2v) is 2.36. The van der Waals surface area contributed by atoms with Gasteiger partial charge in [-0.1, -0.05) is 37.3 Å². The second kappa shape index (κ2) is 4.24. The molecule has 0 spiro atoms. The van der Waals surface area contributed by atoms with Crippen LogP contribution in [0.15, 0.2) is 35.4 Å². The molecular formula is C9H10N3+. The van der Waals surface area contributed by atoms with E-state index in [-0.39, 0.29) is 0 Å². The fraction of sp³-hybridized carbons (Fsp3) is 0.222. The number of hydrogen-bond donors (Lipinski definition) is 0. The smallest absolute Gasteiger partial charge is 0.0622 e. The first-order chi connectivity index (χ1) is 5.88. The van der Waals surface area contributed by atoms with Crippen LogP contribution in [0, 0.1) is 5.39 Å². The van der Waals surface area contributed by atoms with Crippen molar-refractivity contribution < 1.29 is 0 Å². The fourth-order valence-electron chi connectivity index (χ4n) is 1.02. The zero-order chi connectivity index (χ0) is 8.81. The van der Waals surface area contributed by atoms with Crippen LogP contribution in [-0.2, 0) is 0 Å². The van der Waals surface area contributed by atoms with Gasteiger partial charge in [0.1, 0.15) is 5.71 Å². The highest BCUT2D eigenvalue weighted by atomic mass is 15.2. The summed E-state index contributed by atoms with van der Waals surface area (Å²) in [6.07, 6.45) is 0.758. The molecule has 0 radical (unpaired) electrons. The molecule has 0 aliphatic heterocycles. The number of benzene rings is 1. The maximum Gasteiger partial charge on any atom is 0.339 e. The number of diazo groups is 1. The molecule has 0 bridgehead atoms. The van der Waals surface area contributed by atoms with Crippen molar-refractivity contribution in [3.05, 3.63) is 41.0 Å². The van der Waals surface area contributed by atoms with Crippen molar-refractivity contribution in [1.29, 1.82) is 5.39 Å². The molecule has 12 heavy (non-hydrogen) atoms. The Hall–Kier alpha value is -1.69. The Morgan fingerprint density at radius 1 is 1.42 bits per heavy atom. The summed E-state index contributed by atoms with van der Waals surface area (Å²) in [7, 11) is 0. The molecule has 0 amide bonds. The third-order valence-corrected chi connectivity index (χ3v) is 1.61. The minimum absolute atomic E-state index is 0.758. The molecule has 0 aliphatic carbocycles. The van der Waals surface area contributed by atoms with Gasteiger partial charge in [-0.05, 0) is 6.42 Å². The Bertz CT molecular complexity index is 308. The maximum absolute atomic E-state index is 8.27. The van der Waals surface area contributed by atoms with Gasteiger partial charge in [0, 0.05) is 5.56 Å². The lowest BCUT2D eigenvalue weighted by Gasteiger charge is -1.94. The van der Waals surface area contributed by atoms with Crippen LogP contribution < -0.4 is 0 Å². The summed E-state index contributed by atoms with van der Waals surface area (Å²) in [5.74, 6) is 0. The molecule has 0 saturated heterocycles. The first kappa shape index (κ1) is 8.41. The van der Waals surface area contributed by atoms with Gasteiger partial charge in [0.05, 0.1) is 0 Å². The summed E-state index contributed by atoms with van der Waals surface area (Å²) in [6.45, 7) is 1.97. The zero-order valence-corrected chi connectivity index (χ0v) is 6.94. The van der Waals surface area contributed by atoms with Crippen LogP contribution in [0.2, 0.25) is 0 Å². The lowest BCUT2D eigenvalue weighted by Crippen LogP contribution is -1.96. The molecule has 0 N–H and O–H groups in total. The topological polar surface area (TPSA) is 40.5 Å². The van der Waals surface area contributed by atoms with Gasteiger partial charge in [-0.25, -0.2) is 0 Å². The highest BCUT2D eigenvalue weighted by Gasteiger charge is 2.04. The average molecular weight is 160 g/mol. The van der Waals surface area contributed by atoms with E-state index in [1.807, 2.05) is 37.3 Å². The molecule has 0 unspecified atom stereocenters. The van der Waals surface area contributed by atoms with Crippen LogP contribution in [0.5, 0.6) is 0 Å². The van der Waals surface area contributed by atoms with Crippen LogP contribution in [0.25, 0.3) is 5.08 Å². The number of hydrogen-bond acceptors (Lipinski definition) is 2. The monoisotopic (exact) mass is 160 g/mol. The van der Waals surface area contributed by atoms with Crippen molar-refractivity contribution in [2.24, 2.45) is 5.10 Å². The van der Waals surface area contributed by atoms with Crippen molar-refractivity contribution in [3.8, 4) is 0 Å². The molecule has 0 saturated carbocycles. The second-order valence-electron chi connectivity index (χ2n) is 2.36. The Labute approximate surface area is 71.4 Å². The van der Waals surface area contributed by atoms with Crippen LogP contribution in [-0.4, -0.2) is 5.71 Å². The molecule has 0 atom stereocenters. The van der Waals surface area contributed by atoms with Gasteiger partial charge in [-0.15, -0.1) is 0 Å². The van der Waals surface area contributed by atoms with E-state index < -0.39 is 0 Å². The summed E-state index contributed by atoms with van der Waals surface area (Å²) >= 11 is 0. The predicted molar refractivity (Wildman–Crippen MR) is 48.4 cm³/mol. The molecule has 1 rings (SSSR count). The Morgan fingerprint density at radius 2 is 2.08 bits per heavy atom. The molecule has 0 fully saturated rings. The zero-order valence-electron chi connectivity index (χ0n) is 6.94. The molecule has 60 valence electrons. The van der Waals surface area contributed by atoms with Gasteiger partial charge < -0.3 is 0 Å². The van der Waals surface area contributed by atoms with E-state index in [4.69, 9.17) is 5.39 Å². The molecule has 0 heterocycles. The van der Waals surface area contributed by atoms with E-state index in [9.17, 15) is 0 Å². The van der Waals surface area contributed by atoms with Crippen LogP contribution in [0.1, 0.15) is 18.9 Å². The van der Waals surface area contributed by atoms with Crippen molar-refractivity contribution in [2.75, 3.05) is 0 Å². The highest BCUT2D eigenvalue weighted by molar-refractivity contribution is 6.00. The third kappa shape index (κ3) is 1.89. The van der Waals surface area contributed by atoms with Gasteiger partial charge in [0.15, 0.2) is 5.10 Å². The molecule has 0 aromatic heterocycles. The van der Waals surface area contributed by atoms with Gasteiger partial charge in [0.25, 0.3) is 5.39 Å². The number of rotatable bonds is 2. The van der Waals surface area contributed by atoms with E-state index in [1.165, 1.54) is 0 Å². The highest BCUT2D eigenvalue weighted by Crippen LogP contribution is 2.04. The molecule has 3 nitrogen and oxygen atoms in total. The van der Waals surface area contributed by atoms with Gasteiger partial charge in [-0.2, -0.15) is 0 Å². The fourth-order valence-corrected chi connectivity index (χ4v) is 1.02. The Balaban J connectivity index is 2.98. The summed E-state index contributed by atoms with van der Waals surface area (Å²) in [5.41, 5.74) is 1.79. The molecular weight excluding hydrogens is 150 g/mol. The van der Waals surface area contributed by atoms with Crippen molar-refractivity contribution in [2.45, 2.75) is 13.3 Å². The summed E-state index contributed by atoms with van der Waals surface area (Å²) in [4.78, 5) is 0. The first-order valence-corrected chi connectivity index (χ1v) is 3.84. The van der Waals surface area contributed by atoms with Crippen molar-refractivity contribution >= 4 is 5.71 Å². The normalized spacial score (nSPS) is 10.8. The van der Waals surface area contributed by atoms with E-state index in [0.717, 1.165) is 17.7 Å². The minimum atomic E-state index is 0.758. The third-order valence-electron chi connectivity index (χ3n) is 1.61. The largest absolute Gasteiger partial charge is 0.339 e. The molecule has 3 heteroatoms. The van der Waals surface area contributed by atoms with Crippen LogP contribution in [0.3, 0.4) is 0 Å². The minimum Gasteiger partial charge on any atom is -0.0622 e. The lowest BCUT2D eigenvalue weighted by molar-refractivity contribution is 1.24. The van der Waals surface area contributed by atoms with Gasteiger partial charge in [0.2, 0.25) is 0 Å². The molecule has 1 aromatic carbocycles. The summed E-state index contributed by atoms with van der Waals surface area (Å²) in [6, 6.07) is 9.67. The van der Waals surface area contributed by atoms with Crippen molar-refractivity contribution in [1.82, 2.24) is 0 Å². The van der Waals surface area contributed by atoms with Crippen LogP contribution in [0.4, 0.5) is 0 Å². The van der Waals surface area contributed by atoms with Gasteiger partial charge >= 0.3 is 5.08 Å². The number of nitrogens with zero attached hydrogens (tertiary/aromatic N) is 3. The quantitative estimate of drug-likeness (QED) is 0.372.